The number of hydrogen-bond acceptors (Lipinski definition) is 3. The lowest BCUT2D eigenvalue weighted by Crippen LogP contribution is -2.35. The van der Waals surface area contributed by atoms with Crippen molar-refractivity contribution in [1.29, 1.82) is 0 Å². The van der Waals surface area contributed by atoms with Gasteiger partial charge < -0.3 is 5.32 Å². The molecule has 0 saturated carbocycles. The molecular formula is C19H18N4O2. The fraction of sp³-hybridized carbons (Fsp3) is 0.211. The number of fused-ring (bicyclic) bond motifs is 3. The van der Waals surface area contributed by atoms with Crippen molar-refractivity contribution in [2.24, 2.45) is 0 Å². The van der Waals surface area contributed by atoms with Gasteiger partial charge in [0.2, 0.25) is 17.8 Å². The predicted octanol–water partition coefficient (Wildman–Crippen LogP) is 3.12. The number of imidazole rings is 1. The molecule has 0 fully saturated rings. The van der Waals surface area contributed by atoms with Crippen molar-refractivity contribution in [1.82, 2.24) is 9.55 Å². The summed E-state index contributed by atoms with van der Waals surface area (Å²) >= 11 is 0. The van der Waals surface area contributed by atoms with Crippen LogP contribution >= 0.6 is 0 Å². The van der Waals surface area contributed by atoms with Gasteiger partial charge in [0, 0.05) is 5.69 Å². The SMILES string of the molecule is CCc1ccccc1NC(=O)[C@H]1CC(=O)Nc2nc3ccccc3n21. The predicted molar refractivity (Wildman–Crippen MR) is 96.5 cm³/mol. The van der Waals surface area contributed by atoms with Crippen LogP contribution in [-0.4, -0.2) is 21.4 Å². The van der Waals surface area contributed by atoms with Crippen molar-refractivity contribution in [3.05, 3.63) is 54.1 Å². The number of aryl methyl sites for hydroxylation is 1. The van der Waals surface area contributed by atoms with Crippen LogP contribution in [0.2, 0.25) is 0 Å². The molecule has 126 valence electrons. The third-order valence-corrected chi connectivity index (χ3v) is 4.50. The standard InChI is InChI=1S/C19H18N4O2/c1-2-12-7-3-4-8-13(12)20-18(25)16-11-17(24)22-19-21-14-9-5-6-10-15(14)23(16)19/h3-10,16H,2,11H2,1H3,(H,20,25)(H,21,22,24)/t16-/m1/s1. The third-order valence-electron chi connectivity index (χ3n) is 4.50. The number of hydrogen-bond donors (Lipinski definition) is 2. The van der Waals surface area contributed by atoms with Crippen LogP contribution in [0.25, 0.3) is 11.0 Å². The highest BCUT2D eigenvalue weighted by Crippen LogP contribution is 2.31. The largest absolute Gasteiger partial charge is 0.324 e. The Hall–Kier alpha value is -3.15. The normalized spacial score (nSPS) is 16.4. The van der Waals surface area contributed by atoms with Crippen LogP contribution in [0.3, 0.4) is 0 Å². The average Bonchev–Trinajstić information content (AvgIpc) is 2.99. The summed E-state index contributed by atoms with van der Waals surface area (Å²) in [7, 11) is 0. The minimum Gasteiger partial charge on any atom is -0.324 e. The number of rotatable bonds is 3. The van der Waals surface area contributed by atoms with Crippen LogP contribution in [-0.2, 0) is 16.0 Å². The summed E-state index contributed by atoms with van der Waals surface area (Å²) < 4.78 is 1.81. The highest BCUT2D eigenvalue weighted by Gasteiger charge is 2.32. The highest BCUT2D eigenvalue weighted by molar-refractivity contribution is 6.03. The Labute approximate surface area is 144 Å². The molecule has 6 heteroatoms. The number of para-hydroxylation sites is 3. The second-order valence-corrected chi connectivity index (χ2v) is 6.06. The molecule has 0 saturated heterocycles. The molecule has 6 nitrogen and oxygen atoms in total. The van der Waals surface area contributed by atoms with Gasteiger partial charge in [-0.1, -0.05) is 37.3 Å². The summed E-state index contributed by atoms with van der Waals surface area (Å²) in [6, 6.07) is 14.6. The highest BCUT2D eigenvalue weighted by atomic mass is 16.2. The number of nitrogens with one attached hydrogen (secondary N) is 2. The van der Waals surface area contributed by atoms with Crippen molar-refractivity contribution in [3.63, 3.8) is 0 Å². The first-order chi connectivity index (χ1) is 12.2. The van der Waals surface area contributed by atoms with Crippen LogP contribution in [0.15, 0.2) is 48.5 Å². The number of anilines is 2. The zero-order valence-corrected chi connectivity index (χ0v) is 13.8. The smallest absolute Gasteiger partial charge is 0.248 e. The van der Waals surface area contributed by atoms with Gasteiger partial charge in [-0.3, -0.25) is 19.5 Å². The van der Waals surface area contributed by atoms with Gasteiger partial charge in [-0.25, -0.2) is 4.98 Å². The summed E-state index contributed by atoms with van der Waals surface area (Å²) in [4.78, 5) is 29.4. The quantitative estimate of drug-likeness (QED) is 0.773. The third kappa shape index (κ3) is 2.65. The van der Waals surface area contributed by atoms with E-state index in [0.29, 0.717) is 5.95 Å². The number of nitrogens with zero attached hydrogens (tertiary/aromatic N) is 2. The lowest BCUT2D eigenvalue weighted by atomic mass is 10.1. The van der Waals surface area contributed by atoms with Crippen molar-refractivity contribution in [2.75, 3.05) is 10.6 Å². The molecule has 4 rings (SSSR count). The fourth-order valence-electron chi connectivity index (χ4n) is 3.27. The van der Waals surface area contributed by atoms with Crippen LogP contribution in [0.4, 0.5) is 11.6 Å². The molecule has 2 amide bonds. The van der Waals surface area contributed by atoms with Gasteiger partial charge in [0.25, 0.3) is 0 Å². The first-order valence-corrected chi connectivity index (χ1v) is 8.33. The minimum atomic E-state index is -0.624. The number of amides is 2. The first-order valence-electron chi connectivity index (χ1n) is 8.33. The summed E-state index contributed by atoms with van der Waals surface area (Å²) in [5, 5.41) is 5.73. The van der Waals surface area contributed by atoms with Gasteiger partial charge in [-0.2, -0.15) is 0 Å². The Morgan fingerprint density at radius 3 is 2.84 bits per heavy atom. The Kier molecular flexibility index (Phi) is 3.72. The molecule has 1 aromatic heterocycles. The molecule has 3 aromatic rings. The van der Waals surface area contributed by atoms with E-state index in [2.05, 4.69) is 15.6 Å². The van der Waals surface area contributed by atoms with Crippen molar-refractivity contribution in [2.45, 2.75) is 25.8 Å². The number of aromatic nitrogens is 2. The zero-order chi connectivity index (χ0) is 17.4. The Morgan fingerprint density at radius 2 is 2.00 bits per heavy atom. The lowest BCUT2D eigenvalue weighted by Gasteiger charge is -2.25. The monoisotopic (exact) mass is 334 g/mol. The van der Waals surface area contributed by atoms with E-state index in [4.69, 9.17) is 0 Å². The van der Waals surface area contributed by atoms with Crippen LogP contribution in [0.5, 0.6) is 0 Å². The molecule has 1 aliphatic heterocycles. The van der Waals surface area contributed by atoms with E-state index >= 15 is 0 Å². The summed E-state index contributed by atoms with van der Waals surface area (Å²) in [5.41, 5.74) is 3.44. The van der Waals surface area contributed by atoms with Gasteiger partial charge in [0.1, 0.15) is 6.04 Å². The Morgan fingerprint density at radius 1 is 1.24 bits per heavy atom. The molecular weight excluding hydrogens is 316 g/mol. The van der Waals surface area contributed by atoms with Gasteiger partial charge in [0.05, 0.1) is 17.5 Å². The van der Waals surface area contributed by atoms with Crippen molar-refractivity contribution in [3.8, 4) is 0 Å². The maximum atomic E-state index is 12.9. The molecule has 0 bridgehead atoms. The van der Waals surface area contributed by atoms with Crippen LogP contribution in [0, 0.1) is 0 Å². The Balaban J connectivity index is 1.73. The van der Waals surface area contributed by atoms with E-state index < -0.39 is 6.04 Å². The Bertz CT molecular complexity index is 976. The summed E-state index contributed by atoms with van der Waals surface area (Å²) in [5.74, 6) is 0.00765. The molecule has 0 radical (unpaired) electrons. The fourth-order valence-corrected chi connectivity index (χ4v) is 3.27. The van der Waals surface area contributed by atoms with Crippen LogP contribution in [0.1, 0.15) is 24.9 Å². The van der Waals surface area contributed by atoms with E-state index in [-0.39, 0.29) is 18.2 Å². The van der Waals surface area contributed by atoms with E-state index in [1.54, 1.807) is 4.57 Å². The van der Waals surface area contributed by atoms with Crippen LogP contribution < -0.4 is 10.6 Å². The maximum Gasteiger partial charge on any atom is 0.248 e. The molecule has 2 N–H and O–H groups in total. The van der Waals surface area contributed by atoms with Crippen molar-refractivity contribution >= 4 is 34.5 Å². The van der Waals surface area contributed by atoms with E-state index in [1.807, 2.05) is 55.5 Å². The molecule has 25 heavy (non-hydrogen) atoms. The van der Waals surface area contributed by atoms with Gasteiger partial charge in [0.15, 0.2) is 0 Å². The van der Waals surface area contributed by atoms with Crippen molar-refractivity contribution < 1.29 is 9.59 Å². The molecule has 2 heterocycles. The van der Waals surface area contributed by atoms with Gasteiger partial charge in [-0.15, -0.1) is 0 Å². The molecule has 0 spiro atoms. The van der Waals surface area contributed by atoms with Gasteiger partial charge >= 0.3 is 0 Å². The second-order valence-electron chi connectivity index (χ2n) is 6.06. The topological polar surface area (TPSA) is 76.0 Å². The minimum absolute atomic E-state index is 0.0908. The average molecular weight is 334 g/mol. The van der Waals surface area contributed by atoms with E-state index in [9.17, 15) is 9.59 Å². The number of carbonyl (C=O) groups is 2. The molecule has 1 aliphatic rings. The van der Waals surface area contributed by atoms with Gasteiger partial charge in [-0.05, 0) is 30.2 Å². The lowest BCUT2D eigenvalue weighted by molar-refractivity contribution is -0.124. The maximum absolute atomic E-state index is 12.9. The summed E-state index contributed by atoms with van der Waals surface area (Å²) in [6.07, 6.45) is 0.911. The molecule has 2 aromatic carbocycles. The summed E-state index contributed by atoms with van der Waals surface area (Å²) in [6.45, 7) is 2.04. The molecule has 0 aliphatic carbocycles. The molecule has 1 atom stereocenters. The second kappa shape index (κ2) is 6.05. The molecule has 0 unspecified atom stereocenters. The van der Waals surface area contributed by atoms with E-state index in [0.717, 1.165) is 28.7 Å². The zero-order valence-electron chi connectivity index (χ0n) is 13.8. The number of carbonyl (C=O) groups excluding carboxylic acids is 2. The van der Waals surface area contributed by atoms with E-state index in [1.165, 1.54) is 0 Å². The number of benzene rings is 2. The first kappa shape index (κ1) is 15.4.